The average molecular weight is 276 g/mol. The zero-order valence-corrected chi connectivity index (χ0v) is 12.2. The Morgan fingerprint density at radius 2 is 2.12 bits per heavy atom. The van der Waals surface area contributed by atoms with Crippen molar-refractivity contribution < 1.29 is 8.42 Å². The second kappa shape index (κ2) is 6.49. The third kappa shape index (κ3) is 3.77. The molecule has 0 amide bonds. The molecular formula is C11H20N2O2S2. The van der Waals surface area contributed by atoms with Gasteiger partial charge >= 0.3 is 0 Å². The number of nitrogens with zero attached hydrogens (tertiary/aromatic N) is 1. The lowest BCUT2D eigenvalue weighted by atomic mass is 10.3. The standard InChI is InChI=1S/C11H20N2O2S2/c1-4-5-8-13(3)17(14,15)11-7-6-10(16-11)9-12-2/h6-7,12H,4-5,8-9H2,1-3H3. The zero-order chi connectivity index (χ0) is 12.9. The smallest absolute Gasteiger partial charge is 0.252 e. The van der Waals surface area contributed by atoms with E-state index in [1.807, 2.05) is 13.1 Å². The average Bonchev–Trinajstić information content (AvgIpc) is 2.75. The Labute approximate surface area is 108 Å². The fraction of sp³-hybridized carbons (Fsp3) is 0.636. The molecule has 6 heteroatoms. The van der Waals surface area contributed by atoms with Gasteiger partial charge in [0.05, 0.1) is 0 Å². The van der Waals surface area contributed by atoms with Gasteiger partial charge in [-0.25, -0.2) is 12.7 Å². The molecule has 0 saturated heterocycles. The van der Waals surface area contributed by atoms with Crippen LogP contribution in [0.4, 0.5) is 0 Å². The summed E-state index contributed by atoms with van der Waals surface area (Å²) in [5, 5.41) is 3.01. The second-order valence-electron chi connectivity index (χ2n) is 3.93. The molecule has 0 aliphatic rings. The minimum absolute atomic E-state index is 0.432. The molecule has 0 unspecified atom stereocenters. The number of nitrogens with one attached hydrogen (secondary N) is 1. The van der Waals surface area contributed by atoms with E-state index in [1.54, 1.807) is 13.1 Å². The molecule has 1 aromatic heterocycles. The van der Waals surface area contributed by atoms with Crippen molar-refractivity contribution in [1.29, 1.82) is 0 Å². The lowest BCUT2D eigenvalue weighted by Crippen LogP contribution is -2.27. The molecule has 1 aromatic rings. The van der Waals surface area contributed by atoms with Crippen LogP contribution in [-0.4, -0.2) is 33.4 Å². The van der Waals surface area contributed by atoms with Crippen LogP contribution in [0.2, 0.25) is 0 Å². The van der Waals surface area contributed by atoms with Crippen molar-refractivity contribution in [3.8, 4) is 0 Å². The maximum atomic E-state index is 12.2. The summed E-state index contributed by atoms with van der Waals surface area (Å²) in [4.78, 5) is 1.04. The highest BCUT2D eigenvalue weighted by molar-refractivity contribution is 7.91. The summed E-state index contributed by atoms with van der Waals surface area (Å²) < 4.78 is 26.2. The maximum Gasteiger partial charge on any atom is 0.252 e. The summed E-state index contributed by atoms with van der Waals surface area (Å²) in [6.45, 7) is 3.34. The SMILES string of the molecule is CCCCN(C)S(=O)(=O)c1ccc(CNC)s1. The Bertz CT molecular complexity index is 440. The Morgan fingerprint density at radius 1 is 1.41 bits per heavy atom. The summed E-state index contributed by atoms with van der Waals surface area (Å²) in [7, 11) is 0.205. The first kappa shape index (κ1) is 14.6. The van der Waals surface area contributed by atoms with Gasteiger partial charge in [0.1, 0.15) is 4.21 Å². The van der Waals surface area contributed by atoms with E-state index in [0.29, 0.717) is 17.3 Å². The molecule has 1 N–H and O–H groups in total. The minimum Gasteiger partial charge on any atom is -0.315 e. The van der Waals surface area contributed by atoms with E-state index in [1.165, 1.54) is 15.6 Å². The number of thiophene rings is 1. The first-order valence-corrected chi connectivity index (χ1v) is 7.97. The van der Waals surface area contributed by atoms with E-state index in [2.05, 4.69) is 12.2 Å². The first-order valence-electron chi connectivity index (χ1n) is 5.72. The predicted molar refractivity (Wildman–Crippen MR) is 71.8 cm³/mol. The molecule has 0 spiro atoms. The highest BCUT2D eigenvalue weighted by Gasteiger charge is 2.21. The van der Waals surface area contributed by atoms with Crippen LogP contribution < -0.4 is 5.32 Å². The van der Waals surface area contributed by atoms with E-state index in [9.17, 15) is 8.42 Å². The predicted octanol–water partition coefficient (Wildman–Crippen LogP) is 1.89. The van der Waals surface area contributed by atoms with Gasteiger partial charge in [-0.2, -0.15) is 0 Å². The van der Waals surface area contributed by atoms with Crippen LogP contribution in [-0.2, 0) is 16.6 Å². The Morgan fingerprint density at radius 3 is 2.71 bits per heavy atom. The third-order valence-corrected chi connectivity index (χ3v) is 5.89. The normalized spacial score (nSPS) is 12.2. The van der Waals surface area contributed by atoms with Crippen LogP contribution in [0, 0.1) is 0 Å². The Balaban J connectivity index is 2.81. The van der Waals surface area contributed by atoms with Crippen molar-refractivity contribution in [1.82, 2.24) is 9.62 Å². The molecule has 0 fully saturated rings. The third-order valence-electron chi connectivity index (χ3n) is 2.48. The van der Waals surface area contributed by atoms with Gasteiger partial charge in [-0.05, 0) is 25.6 Å². The molecule has 4 nitrogen and oxygen atoms in total. The molecule has 0 aliphatic carbocycles. The molecule has 0 radical (unpaired) electrons. The van der Waals surface area contributed by atoms with Crippen LogP contribution >= 0.6 is 11.3 Å². The first-order chi connectivity index (χ1) is 8.02. The van der Waals surface area contributed by atoms with Crippen LogP contribution in [0.3, 0.4) is 0 Å². The molecule has 0 atom stereocenters. The quantitative estimate of drug-likeness (QED) is 0.827. The lowest BCUT2D eigenvalue weighted by molar-refractivity contribution is 0.461. The van der Waals surface area contributed by atoms with E-state index in [-0.39, 0.29) is 0 Å². The van der Waals surface area contributed by atoms with E-state index < -0.39 is 10.0 Å². The maximum absolute atomic E-state index is 12.2. The summed E-state index contributed by atoms with van der Waals surface area (Å²) >= 11 is 1.33. The molecular weight excluding hydrogens is 256 g/mol. The van der Waals surface area contributed by atoms with Crippen molar-refractivity contribution in [3.05, 3.63) is 17.0 Å². The summed E-state index contributed by atoms with van der Waals surface area (Å²) in [6, 6.07) is 3.55. The van der Waals surface area contributed by atoms with Gasteiger partial charge in [0, 0.05) is 25.0 Å². The molecule has 17 heavy (non-hydrogen) atoms. The molecule has 1 rings (SSSR count). The van der Waals surface area contributed by atoms with Crippen LogP contribution in [0.5, 0.6) is 0 Å². The van der Waals surface area contributed by atoms with Crippen molar-refractivity contribution in [3.63, 3.8) is 0 Å². The second-order valence-corrected chi connectivity index (χ2v) is 7.37. The molecule has 0 aromatic carbocycles. The van der Waals surface area contributed by atoms with Crippen molar-refractivity contribution in [2.24, 2.45) is 0 Å². The number of sulfonamides is 1. The number of unbranched alkanes of at least 4 members (excludes halogenated alkanes) is 1. The van der Waals surface area contributed by atoms with Gasteiger partial charge < -0.3 is 5.32 Å². The summed E-state index contributed by atoms with van der Waals surface area (Å²) in [6.07, 6.45) is 1.89. The van der Waals surface area contributed by atoms with Gasteiger partial charge in [-0.3, -0.25) is 0 Å². The van der Waals surface area contributed by atoms with Gasteiger partial charge in [0.15, 0.2) is 0 Å². The van der Waals surface area contributed by atoms with Gasteiger partial charge in [0.2, 0.25) is 0 Å². The summed E-state index contributed by atoms with van der Waals surface area (Å²) in [5.74, 6) is 0. The van der Waals surface area contributed by atoms with Gasteiger partial charge in [0.25, 0.3) is 10.0 Å². The monoisotopic (exact) mass is 276 g/mol. The van der Waals surface area contributed by atoms with Crippen molar-refractivity contribution in [2.75, 3.05) is 20.6 Å². The molecule has 98 valence electrons. The minimum atomic E-state index is -3.28. The molecule has 0 bridgehead atoms. The van der Waals surface area contributed by atoms with Gasteiger partial charge in [-0.1, -0.05) is 13.3 Å². The van der Waals surface area contributed by atoms with Crippen molar-refractivity contribution >= 4 is 21.4 Å². The summed E-state index contributed by atoms with van der Waals surface area (Å²) in [5.41, 5.74) is 0. The highest BCUT2D eigenvalue weighted by atomic mass is 32.2. The Kier molecular flexibility index (Phi) is 5.58. The topological polar surface area (TPSA) is 49.4 Å². The fourth-order valence-corrected chi connectivity index (χ4v) is 4.21. The fourth-order valence-electron chi connectivity index (χ4n) is 1.42. The van der Waals surface area contributed by atoms with E-state index in [4.69, 9.17) is 0 Å². The zero-order valence-electron chi connectivity index (χ0n) is 10.6. The van der Waals surface area contributed by atoms with E-state index in [0.717, 1.165) is 17.7 Å². The van der Waals surface area contributed by atoms with Crippen LogP contribution in [0.1, 0.15) is 24.6 Å². The molecule has 0 saturated carbocycles. The lowest BCUT2D eigenvalue weighted by Gasteiger charge is -2.15. The molecule has 1 heterocycles. The van der Waals surface area contributed by atoms with E-state index >= 15 is 0 Å². The van der Waals surface area contributed by atoms with Crippen molar-refractivity contribution in [2.45, 2.75) is 30.5 Å². The van der Waals surface area contributed by atoms with Crippen LogP contribution in [0.25, 0.3) is 0 Å². The largest absolute Gasteiger partial charge is 0.315 e. The molecule has 0 aliphatic heterocycles. The highest BCUT2D eigenvalue weighted by Crippen LogP contribution is 2.24. The number of hydrogen-bond acceptors (Lipinski definition) is 4. The number of rotatable bonds is 7. The number of hydrogen-bond donors (Lipinski definition) is 1. The Hall–Kier alpha value is -0.430. The van der Waals surface area contributed by atoms with Gasteiger partial charge in [-0.15, -0.1) is 11.3 Å². The van der Waals surface area contributed by atoms with Crippen LogP contribution in [0.15, 0.2) is 16.3 Å².